The number of nitrogens with one attached hydrogen (secondary N) is 2. The lowest BCUT2D eigenvalue weighted by Gasteiger charge is -2.32. The van der Waals surface area contributed by atoms with Crippen molar-refractivity contribution in [2.24, 2.45) is 11.8 Å². The molecule has 0 aliphatic carbocycles. The molecule has 0 spiro atoms. The Labute approximate surface area is 127 Å². The Morgan fingerprint density at radius 3 is 2.55 bits per heavy atom. The molecule has 0 radical (unpaired) electrons. The predicted molar refractivity (Wildman–Crippen MR) is 85.3 cm³/mol. The van der Waals surface area contributed by atoms with Crippen molar-refractivity contribution in [1.82, 2.24) is 10.6 Å². The number of halogens is 1. The van der Waals surface area contributed by atoms with E-state index in [1.807, 2.05) is 13.0 Å². The van der Waals surface area contributed by atoms with Crippen LogP contribution in [0, 0.1) is 18.8 Å². The van der Waals surface area contributed by atoms with Crippen LogP contribution < -0.4 is 10.6 Å². The first-order valence-electron chi connectivity index (χ1n) is 7.13. The number of benzene rings is 1. The Morgan fingerprint density at radius 2 is 2.00 bits per heavy atom. The number of hydrogen-bond acceptors (Lipinski definition) is 2. The molecule has 4 heteroatoms. The summed E-state index contributed by atoms with van der Waals surface area (Å²) in [7, 11) is 0. The van der Waals surface area contributed by atoms with Crippen molar-refractivity contribution in [3.05, 3.63) is 35.4 Å². The van der Waals surface area contributed by atoms with Crippen LogP contribution in [0.3, 0.4) is 0 Å². The highest BCUT2D eigenvalue weighted by Gasteiger charge is 2.29. The Kier molecular flexibility index (Phi) is 6.50. The van der Waals surface area contributed by atoms with E-state index in [4.69, 9.17) is 0 Å². The zero-order valence-corrected chi connectivity index (χ0v) is 13.3. The van der Waals surface area contributed by atoms with E-state index in [1.165, 1.54) is 11.1 Å². The third kappa shape index (κ3) is 4.22. The highest BCUT2D eigenvalue weighted by molar-refractivity contribution is 5.85. The molecule has 1 aromatic rings. The fourth-order valence-corrected chi connectivity index (χ4v) is 2.47. The van der Waals surface area contributed by atoms with Crippen LogP contribution in [0.15, 0.2) is 24.3 Å². The maximum atomic E-state index is 12.1. The Balaban J connectivity index is 0.00000200. The molecular weight excluding hydrogens is 272 g/mol. The second-order valence-corrected chi connectivity index (χ2v) is 5.75. The molecule has 0 saturated carbocycles. The number of carbonyl (C=O) groups excluding carboxylic acids is 1. The van der Waals surface area contributed by atoms with Crippen molar-refractivity contribution in [1.29, 1.82) is 0 Å². The minimum Gasteiger partial charge on any atom is -0.353 e. The minimum absolute atomic E-state index is 0. The third-order valence-corrected chi connectivity index (χ3v) is 4.11. The molecular formula is C16H25ClN2O. The molecule has 2 N–H and O–H groups in total. The van der Waals surface area contributed by atoms with Crippen molar-refractivity contribution in [3.8, 4) is 0 Å². The molecule has 1 aliphatic rings. The van der Waals surface area contributed by atoms with Gasteiger partial charge in [0.15, 0.2) is 0 Å². The molecule has 1 aliphatic heterocycles. The molecule has 112 valence electrons. The lowest BCUT2D eigenvalue weighted by molar-refractivity contribution is -0.127. The number of amides is 1. The molecule has 1 heterocycles. The normalized spacial score (nSPS) is 17.6. The zero-order valence-electron chi connectivity index (χ0n) is 12.5. The van der Waals surface area contributed by atoms with E-state index in [0.717, 1.165) is 19.5 Å². The van der Waals surface area contributed by atoms with Gasteiger partial charge in [-0.25, -0.2) is 0 Å². The maximum absolute atomic E-state index is 12.1. The molecule has 3 nitrogen and oxygen atoms in total. The van der Waals surface area contributed by atoms with Crippen LogP contribution >= 0.6 is 12.4 Å². The molecule has 0 aromatic heterocycles. The van der Waals surface area contributed by atoms with E-state index in [9.17, 15) is 4.79 Å². The summed E-state index contributed by atoms with van der Waals surface area (Å²) in [6, 6.07) is 8.54. The Morgan fingerprint density at radius 1 is 1.35 bits per heavy atom. The number of hydrogen-bond donors (Lipinski definition) is 2. The first-order valence-corrected chi connectivity index (χ1v) is 7.13. The molecule has 1 fully saturated rings. The second kappa shape index (κ2) is 7.65. The molecule has 2 rings (SSSR count). The van der Waals surface area contributed by atoms with Crippen LogP contribution in [0.5, 0.6) is 0 Å². The van der Waals surface area contributed by atoms with Gasteiger partial charge in [0.05, 0.1) is 0 Å². The van der Waals surface area contributed by atoms with Gasteiger partial charge in [0.2, 0.25) is 5.91 Å². The van der Waals surface area contributed by atoms with Gasteiger partial charge in [0, 0.05) is 12.0 Å². The van der Waals surface area contributed by atoms with Crippen LogP contribution in [0.25, 0.3) is 0 Å². The lowest BCUT2D eigenvalue weighted by Crippen LogP contribution is -2.50. The largest absolute Gasteiger partial charge is 0.353 e. The second-order valence-electron chi connectivity index (χ2n) is 5.75. The minimum atomic E-state index is 0. The molecule has 2 atom stereocenters. The summed E-state index contributed by atoms with van der Waals surface area (Å²) in [5.74, 6) is 0.804. The summed E-state index contributed by atoms with van der Waals surface area (Å²) in [5, 5.41) is 6.36. The van der Waals surface area contributed by atoms with Gasteiger partial charge in [-0.15, -0.1) is 12.4 Å². The fourth-order valence-electron chi connectivity index (χ4n) is 2.47. The molecule has 1 saturated heterocycles. The summed E-state index contributed by atoms with van der Waals surface area (Å²) < 4.78 is 0. The fraction of sp³-hybridized carbons (Fsp3) is 0.562. The van der Waals surface area contributed by atoms with Gasteiger partial charge in [-0.1, -0.05) is 31.2 Å². The summed E-state index contributed by atoms with van der Waals surface area (Å²) in [5.41, 5.74) is 2.60. The molecule has 1 amide bonds. The van der Waals surface area contributed by atoms with Crippen LogP contribution in [0.2, 0.25) is 0 Å². The van der Waals surface area contributed by atoms with E-state index in [-0.39, 0.29) is 30.3 Å². The average molecular weight is 297 g/mol. The van der Waals surface area contributed by atoms with Gasteiger partial charge in [-0.05, 0) is 50.4 Å². The third-order valence-electron chi connectivity index (χ3n) is 4.11. The molecule has 0 bridgehead atoms. The number of aryl methyl sites for hydroxylation is 1. The highest BCUT2D eigenvalue weighted by atomic mass is 35.5. The Hall–Kier alpha value is -1.06. The van der Waals surface area contributed by atoms with Crippen LogP contribution in [-0.2, 0) is 11.2 Å². The monoisotopic (exact) mass is 296 g/mol. The van der Waals surface area contributed by atoms with Gasteiger partial charge >= 0.3 is 0 Å². The van der Waals surface area contributed by atoms with Crippen molar-refractivity contribution in [2.45, 2.75) is 33.2 Å². The van der Waals surface area contributed by atoms with Crippen molar-refractivity contribution in [3.63, 3.8) is 0 Å². The van der Waals surface area contributed by atoms with Crippen molar-refractivity contribution < 1.29 is 4.79 Å². The van der Waals surface area contributed by atoms with E-state index in [0.29, 0.717) is 5.92 Å². The summed E-state index contributed by atoms with van der Waals surface area (Å²) in [6.07, 6.45) is 0.897. The van der Waals surface area contributed by atoms with Gasteiger partial charge in [0.25, 0.3) is 0 Å². The summed E-state index contributed by atoms with van der Waals surface area (Å²) >= 11 is 0. The van der Waals surface area contributed by atoms with Gasteiger partial charge < -0.3 is 10.6 Å². The topological polar surface area (TPSA) is 41.1 Å². The SMILES string of the molecule is Cc1ccccc1CC(C)NC(=O)C(C)C1CNC1.Cl. The van der Waals surface area contributed by atoms with E-state index in [2.05, 4.69) is 42.7 Å². The van der Waals surface area contributed by atoms with E-state index >= 15 is 0 Å². The number of carbonyl (C=O) groups is 1. The first-order chi connectivity index (χ1) is 9.08. The molecule has 1 aromatic carbocycles. The van der Waals surface area contributed by atoms with Gasteiger partial charge in [0.1, 0.15) is 0 Å². The lowest BCUT2D eigenvalue weighted by atomic mass is 9.88. The van der Waals surface area contributed by atoms with E-state index < -0.39 is 0 Å². The zero-order chi connectivity index (χ0) is 13.8. The number of rotatable bonds is 5. The summed E-state index contributed by atoms with van der Waals surface area (Å²) in [6.45, 7) is 8.17. The van der Waals surface area contributed by atoms with Gasteiger partial charge in [-0.2, -0.15) is 0 Å². The highest BCUT2D eigenvalue weighted by Crippen LogP contribution is 2.16. The van der Waals surface area contributed by atoms with Crippen molar-refractivity contribution >= 4 is 18.3 Å². The van der Waals surface area contributed by atoms with Crippen molar-refractivity contribution in [2.75, 3.05) is 13.1 Å². The van der Waals surface area contributed by atoms with Crippen LogP contribution in [0.4, 0.5) is 0 Å². The quantitative estimate of drug-likeness (QED) is 0.875. The van der Waals surface area contributed by atoms with Gasteiger partial charge in [-0.3, -0.25) is 4.79 Å². The molecule has 20 heavy (non-hydrogen) atoms. The van der Waals surface area contributed by atoms with Crippen LogP contribution in [-0.4, -0.2) is 25.0 Å². The smallest absolute Gasteiger partial charge is 0.223 e. The average Bonchev–Trinajstić information content (AvgIpc) is 2.29. The van der Waals surface area contributed by atoms with E-state index in [1.54, 1.807) is 0 Å². The maximum Gasteiger partial charge on any atom is 0.223 e. The standard InChI is InChI=1S/C16H24N2O.ClH/c1-11-6-4-5-7-14(11)8-12(2)18-16(19)13(3)15-9-17-10-15;/h4-7,12-13,15,17H,8-10H2,1-3H3,(H,18,19);1H. The predicted octanol–water partition coefficient (Wildman–Crippen LogP) is 2.32. The van der Waals surface area contributed by atoms with Crippen LogP contribution in [0.1, 0.15) is 25.0 Å². The first kappa shape index (κ1) is 17.0. The summed E-state index contributed by atoms with van der Waals surface area (Å²) in [4.78, 5) is 12.1. The molecule has 2 unspecified atom stereocenters. The Bertz CT molecular complexity index is 446.